The van der Waals surface area contributed by atoms with Crippen LogP contribution in [0.5, 0.6) is 0 Å². The second-order valence-corrected chi connectivity index (χ2v) is 8.85. The van der Waals surface area contributed by atoms with Gasteiger partial charge in [0.1, 0.15) is 0 Å². The number of nitrogens with zero attached hydrogens (tertiary/aromatic N) is 2. The van der Waals surface area contributed by atoms with E-state index in [0.29, 0.717) is 6.54 Å². The Labute approximate surface area is 167 Å². The summed E-state index contributed by atoms with van der Waals surface area (Å²) in [6.07, 6.45) is 0. The van der Waals surface area contributed by atoms with Crippen LogP contribution in [-0.4, -0.2) is 21.4 Å². The first-order chi connectivity index (χ1) is 13.0. The average Bonchev–Trinajstić information content (AvgIpc) is 3.10. The molecule has 1 aromatic heterocycles. The molecule has 0 saturated carbocycles. The van der Waals surface area contributed by atoms with Crippen LogP contribution < -0.4 is 10.6 Å². The van der Waals surface area contributed by atoms with Gasteiger partial charge in [0.15, 0.2) is 4.34 Å². The van der Waals surface area contributed by atoms with Crippen molar-refractivity contribution in [3.63, 3.8) is 0 Å². The van der Waals surface area contributed by atoms with Gasteiger partial charge in [-0.15, -0.1) is 10.2 Å². The normalized spacial score (nSPS) is 11.8. The highest BCUT2D eigenvalue weighted by molar-refractivity contribution is 8.02. The molecule has 5 nitrogen and oxygen atoms in total. The van der Waals surface area contributed by atoms with Crippen molar-refractivity contribution in [1.82, 2.24) is 15.5 Å². The first-order valence-corrected chi connectivity index (χ1v) is 10.4. The summed E-state index contributed by atoms with van der Waals surface area (Å²) < 4.78 is 0.768. The van der Waals surface area contributed by atoms with Crippen molar-refractivity contribution in [3.8, 4) is 0 Å². The number of rotatable bonds is 7. The summed E-state index contributed by atoms with van der Waals surface area (Å²) in [6, 6.07) is 16.1. The molecule has 0 bridgehead atoms. The second-order valence-electron chi connectivity index (χ2n) is 6.28. The highest BCUT2D eigenvalue weighted by Crippen LogP contribution is 2.31. The highest BCUT2D eigenvalue weighted by atomic mass is 32.2. The quantitative estimate of drug-likeness (QED) is 0.565. The molecule has 0 radical (unpaired) electrons. The van der Waals surface area contributed by atoms with Gasteiger partial charge in [0.05, 0.1) is 5.25 Å². The van der Waals surface area contributed by atoms with E-state index in [9.17, 15) is 4.79 Å². The molecule has 2 aromatic carbocycles. The lowest BCUT2D eigenvalue weighted by Crippen LogP contribution is -2.30. The molecular formula is C20H22N4OS2. The molecule has 3 aromatic rings. The van der Waals surface area contributed by atoms with Gasteiger partial charge in [0.25, 0.3) is 0 Å². The Balaban J connectivity index is 1.54. The first-order valence-electron chi connectivity index (χ1n) is 8.67. The first kappa shape index (κ1) is 19.4. The zero-order valence-electron chi connectivity index (χ0n) is 15.5. The maximum absolute atomic E-state index is 12.3. The van der Waals surface area contributed by atoms with E-state index in [1.165, 1.54) is 28.7 Å². The third-order valence-corrected chi connectivity index (χ3v) is 6.01. The summed E-state index contributed by atoms with van der Waals surface area (Å²) in [6.45, 7) is 6.54. The summed E-state index contributed by atoms with van der Waals surface area (Å²) in [5.74, 6) is -0.0112. The van der Waals surface area contributed by atoms with Gasteiger partial charge >= 0.3 is 0 Å². The van der Waals surface area contributed by atoms with E-state index in [1.54, 1.807) is 0 Å². The van der Waals surface area contributed by atoms with E-state index in [1.807, 2.05) is 43.3 Å². The molecule has 0 aliphatic carbocycles. The minimum atomic E-state index is -0.240. The van der Waals surface area contributed by atoms with Crippen molar-refractivity contribution >= 4 is 39.8 Å². The standard InChI is InChI=1S/C20H22N4OS2/c1-13-9-10-17(14(2)11-13)22-19-23-24-20(27-19)26-15(3)18(25)21-12-16-7-5-4-6-8-16/h4-11,15H,12H2,1-3H3,(H,21,25)(H,22,23)/t15-/m1/s1. The molecule has 27 heavy (non-hydrogen) atoms. The number of anilines is 2. The van der Waals surface area contributed by atoms with Crippen molar-refractivity contribution in [2.45, 2.75) is 36.9 Å². The van der Waals surface area contributed by atoms with E-state index in [0.717, 1.165) is 26.3 Å². The number of amides is 1. The van der Waals surface area contributed by atoms with Crippen LogP contribution in [0, 0.1) is 13.8 Å². The molecule has 0 fully saturated rings. The molecule has 0 saturated heterocycles. The van der Waals surface area contributed by atoms with Gasteiger partial charge in [-0.05, 0) is 38.0 Å². The zero-order valence-corrected chi connectivity index (χ0v) is 17.2. The fourth-order valence-electron chi connectivity index (χ4n) is 2.51. The number of carbonyl (C=O) groups excluding carboxylic acids is 1. The molecule has 1 amide bonds. The van der Waals surface area contributed by atoms with E-state index in [4.69, 9.17) is 0 Å². The van der Waals surface area contributed by atoms with Gasteiger partial charge in [-0.3, -0.25) is 4.79 Å². The Kier molecular flexibility index (Phi) is 6.47. The van der Waals surface area contributed by atoms with Crippen LogP contribution in [-0.2, 0) is 11.3 Å². The Morgan fingerprint density at radius 2 is 1.93 bits per heavy atom. The predicted molar refractivity (Wildman–Crippen MR) is 113 cm³/mol. The van der Waals surface area contributed by atoms with Gasteiger partial charge in [0, 0.05) is 12.2 Å². The molecule has 1 heterocycles. The van der Waals surface area contributed by atoms with Gasteiger partial charge < -0.3 is 10.6 Å². The Bertz CT molecular complexity index is 911. The topological polar surface area (TPSA) is 66.9 Å². The maximum atomic E-state index is 12.3. The molecule has 7 heteroatoms. The van der Waals surface area contributed by atoms with Crippen LogP contribution in [0.1, 0.15) is 23.6 Å². The van der Waals surface area contributed by atoms with Crippen molar-refractivity contribution in [2.75, 3.05) is 5.32 Å². The number of aryl methyl sites for hydroxylation is 2. The van der Waals surface area contributed by atoms with Crippen molar-refractivity contribution in [2.24, 2.45) is 0 Å². The molecule has 0 aliphatic rings. The number of carbonyl (C=O) groups is 1. The lowest BCUT2D eigenvalue weighted by molar-refractivity contribution is -0.120. The predicted octanol–water partition coefficient (Wildman–Crippen LogP) is 4.70. The van der Waals surface area contributed by atoms with Crippen LogP contribution in [0.15, 0.2) is 52.9 Å². The maximum Gasteiger partial charge on any atom is 0.233 e. The van der Waals surface area contributed by atoms with Crippen LogP contribution in [0.4, 0.5) is 10.8 Å². The summed E-state index contributed by atoms with van der Waals surface area (Å²) >= 11 is 2.87. The van der Waals surface area contributed by atoms with Gasteiger partial charge in [0.2, 0.25) is 11.0 Å². The fraction of sp³-hybridized carbons (Fsp3) is 0.250. The lowest BCUT2D eigenvalue weighted by Gasteiger charge is -2.10. The summed E-state index contributed by atoms with van der Waals surface area (Å²) in [7, 11) is 0. The van der Waals surface area contributed by atoms with Crippen molar-refractivity contribution < 1.29 is 4.79 Å². The van der Waals surface area contributed by atoms with Gasteiger partial charge in [-0.25, -0.2) is 0 Å². The summed E-state index contributed by atoms with van der Waals surface area (Å²) in [4.78, 5) is 12.3. The third-order valence-electron chi connectivity index (χ3n) is 3.99. The van der Waals surface area contributed by atoms with Crippen LogP contribution in [0.2, 0.25) is 0 Å². The Morgan fingerprint density at radius 3 is 2.67 bits per heavy atom. The van der Waals surface area contributed by atoms with E-state index >= 15 is 0 Å². The van der Waals surface area contributed by atoms with Crippen LogP contribution in [0.3, 0.4) is 0 Å². The Morgan fingerprint density at radius 1 is 1.15 bits per heavy atom. The molecule has 3 rings (SSSR count). The van der Waals surface area contributed by atoms with Crippen LogP contribution in [0.25, 0.3) is 0 Å². The number of thioether (sulfide) groups is 1. The third kappa shape index (κ3) is 5.55. The molecule has 1 atom stereocenters. The molecule has 0 spiro atoms. The molecule has 140 valence electrons. The van der Waals surface area contributed by atoms with Gasteiger partial charge in [-0.2, -0.15) is 0 Å². The molecule has 0 unspecified atom stereocenters. The number of hydrogen-bond acceptors (Lipinski definition) is 6. The van der Waals surface area contributed by atoms with E-state index in [2.05, 4.69) is 46.8 Å². The highest BCUT2D eigenvalue weighted by Gasteiger charge is 2.17. The summed E-state index contributed by atoms with van der Waals surface area (Å²) in [5, 5.41) is 15.1. The minimum absolute atomic E-state index is 0.0112. The number of aromatic nitrogens is 2. The molecular weight excluding hydrogens is 376 g/mol. The van der Waals surface area contributed by atoms with E-state index < -0.39 is 0 Å². The number of hydrogen-bond donors (Lipinski definition) is 2. The Hall–Kier alpha value is -2.38. The zero-order chi connectivity index (χ0) is 19.2. The summed E-state index contributed by atoms with van der Waals surface area (Å²) in [5.41, 5.74) is 4.48. The van der Waals surface area contributed by atoms with E-state index in [-0.39, 0.29) is 11.2 Å². The molecule has 0 aliphatic heterocycles. The monoisotopic (exact) mass is 398 g/mol. The van der Waals surface area contributed by atoms with Crippen molar-refractivity contribution in [1.29, 1.82) is 0 Å². The lowest BCUT2D eigenvalue weighted by atomic mass is 10.1. The van der Waals surface area contributed by atoms with Crippen LogP contribution >= 0.6 is 23.1 Å². The van der Waals surface area contributed by atoms with Gasteiger partial charge in [-0.1, -0.05) is 71.1 Å². The fourth-order valence-corrected chi connectivity index (χ4v) is 4.44. The number of nitrogens with one attached hydrogen (secondary N) is 2. The molecule has 2 N–H and O–H groups in total. The average molecular weight is 399 g/mol. The van der Waals surface area contributed by atoms with Crippen molar-refractivity contribution in [3.05, 3.63) is 65.2 Å². The minimum Gasteiger partial charge on any atom is -0.351 e. The second kappa shape index (κ2) is 9.01. The smallest absolute Gasteiger partial charge is 0.233 e. The number of benzene rings is 2. The SMILES string of the molecule is Cc1ccc(Nc2nnc(S[C@H](C)C(=O)NCc3ccccc3)s2)c(C)c1. The largest absolute Gasteiger partial charge is 0.351 e.